The molecule has 172 valence electrons. The van der Waals surface area contributed by atoms with Crippen molar-refractivity contribution < 1.29 is 19.2 Å². The van der Waals surface area contributed by atoms with Crippen LogP contribution >= 0.6 is 0 Å². The molecule has 2 heterocycles. The Balaban J connectivity index is 1.65. The lowest BCUT2D eigenvalue weighted by atomic mass is 10.0. The summed E-state index contributed by atoms with van der Waals surface area (Å²) in [6, 6.07) is 8.68. The molecule has 2 fully saturated rings. The van der Waals surface area contributed by atoms with Gasteiger partial charge in [0.2, 0.25) is 17.7 Å². The highest BCUT2D eigenvalue weighted by Gasteiger charge is 2.69. The average molecular weight is 449 g/mol. The molecule has 4 rings (SSSR count). The van der Waals surface area contributed by atoms with Gasteiger partial charge in [-0.1, -0.05) is 33.8 Å². The van der Waals surface area contributed by atoms with Crippen LogP contribution in [0.3, 0.4) is 0 Å². The van der Waals surface area contributed by atoms with Crippen molar-refractivity contribution in [1.29, 1.82) is 0 Å². The molecule has 1 unspecified atom stereocenters. The lowest BCUT2D eigenvalue weighted by Crippen LogP contribution is -2.46. The molecule has 1 saturated carbocycles. The van der Waals surface area contributed by atoms with E-state index in [9.17, 15) is 19.2 Å². The number of nitrogens with two attached hydrogens (primary N) is 1. The molecule has 1 atom stereocenters. The number of hydrogen-bond donors (Lipinski definition) is 1. The Bertz CT molecular complexity index is 1110. The first-order valence-electron chi connectivity index (χ1n) is 10.9. The number of rotatable bonds is 6. The third kappa shape index (κ3) is 3.69. The summed E-state index contributed by atoms with van der Waals surface area (Å²) >= 11 is 0. The van der Waals surface area contributed by atoms with Crippen LogP contribution in [0, 0.1) is 16.7 Å². The normalized spacial score (nSPS) is 21.2. The van der Waals surface area contributed by atoms with Gasteiger partial charge in [0, 0.05) is 30.4 Å². The van der Waals surface area contributed by atoms with Crippen LogP contribution in [-0.4, -0.2) is 39.6 Å². The van der Waals surface area contributed by atoms with Gasteiger partial charge in [0.1, 0.15) is 6.04 Å². The quantitative estimate of drug-likeness (QED) is 0.682. The summed E-state index contributed by atoms with van der Waals surface area (Å²) < 4.78 is 0. The van der Waals surface area contributed by atoms with Crippen LogP contribution in [0.25, 0.3) is 0 Å². The third-order valence-corrected chi connectivity index (χ3v) is 7.54. The number of hydrogen-bond acceptors (Lipinski definition) is 5. The van der Waals surface area contributed by atoms with Crippen LogP contribution in [0.4, 0.5) is 5.69 Å². The van der Waals surface area contributed by atoms with Gasteiger partial charge in [0.15, 0.2) is 0 Å². The number of aromatic nitrogens is 1. The second-order valence-corrected chi connectivity index (χ2v) is 9.90. The summed E-state index contributed by atoms with van der Waals surface area (Å²) in [7, 11) is 0. The van der Waals surface area contributed by atoms with E-state index in [4.69, 9.17) is 5.73 Å². The minimum Gasteiger partial charge on any atom is -0.366 e. The molecule has 8 nitrogen and oxygen atoms in total. The highest BCUT2D eigenvalue weighted by atomic mass is 16.2. The second kappa shape index (κ2) is 7.79. The molecule has 1 aromatic heterocycles. The lowest BCUT2D eigenvalue weighted by molar-refractivity contribution is -0.141. The number of benzene rings is 1. The van der Waals surface area contributed by atoms with Gasteiger partial charge in [-0.25, -0.2) is 4.90 Å². The van der Waals surface area contributed by atoms with Gasteiger partial charge in [-0.15, -0.1) is 0 Å². The number of carbonyl (C=O) groups excluding carboxylic acids is 4. The molecular weight excluding hydrogens is 420 g/mol. The maximum Gasteiger partial charge on any atom is 0.257 e. The van der Waals surface area contributed by atoms with Crippen LogP contribution in [0.15, 0.2) is 48.8 Å². The van der Waals surface area contributed by atoms with Crippen molar-refractivity contribution in [2.24, 2.45) is 22.5 Å². The molecule has 1 aliphatic heterocycles. The van der Waals surface area contributed by atoms with Crippen LogP contribution in [0.2, 0.25) is 0 Å². The first-order chi connectivity index (χ1) is 15.5. The Morgan fingerprint density at radius 3 is 2.24 bits per heavy atom. The Hall–Kier alpha value is -3.55. The fourth-order valence-electron chi connectivity index (χ4n) is 4.92. The number of nitrogens with zero attached hydrogens (tertiary/aromatic N) is 3. The molecule has 2 aliphatic rings. The number of imide groups is 1. The molecule has 4 amide bonds. The standard InChI is InChI=1S/C25H28N4O4/c1-24(2)20(25(24,3)4)23(33)28(14-15-6-5-11-27-13-15)18-12-19(30)29(22(18)32)17-9-7-16(8-10-17)21(26)31/h5-11,13,18,20H,12,14H2,1-4H3,(H2,26,31). The molecule has 8 heteroatoms. The zero-order valence-corrected chi connectivity index (χ0v) is 19.2. The molecule has 0 spiro atoms. The molecule has 0 bridgehead atoms. The lowest BCUT2D eigenvalue weighted by Gasteiger charge is -2.28. The number of anilines is 1. The van der Waals surface area contributed by atoms with Crippen LogP contribution < -0.4 is 10.6 Å². The van der Waals surface area contributed by atoms with E-state index in [-0.39, 0.29) is 41.2 Å². The van der Waals surface area contributed by atoms with Gasteiger partial charge in [-0.3, -0.25) is 24.2 Å². The number of primary amides is 1. The first-order valence-corrected chi connectivity index (χ1v) is 10.9. The summed E-state index contributed by atoms with van der Waals surface area (Å²) in [5, 5.41) is 0. The summed E-state index contributed by atoms with van der Waals surface area (Å²) in [6.07, 6.45) is 3.20. The smallest absolute Gasteiger partial charge is 0.257 e. The number of carbonyl (C=O) groups is 4. The molecule has 2 N–H and O–H groups in total. The van der Waals surface area contributed by atoms with E-state index in [0.717, 1.165) is 10.5 Å². The third-order valence-electron chi connectivity index (χ3n) is 7.54. The summed E-state index contributed by atoms with van der Waals surface area (Å²) in [5.74, 6) is -1.84. The molecule has 1 aromatic carbocycles. The van der Waals surface area contributed by atoms with Gasteiger partial charge >= 0.3 is 0 Å². The molecular formula is C25H28N4O4. The van der Waals surface area contributed by atoms with Crippen molar-refractivity contribution in [1.82, 2.24) is 9.88 Å². The van der Waals surface area contributed by atoms with Gasteiger partial charge in [-0.05, 0) is 46.7 Å². The van der Waals surface area contributed by atoms with Gasteiger partial charge in [0.25, 0.3) is 5.91 Å². The molecule has 1 aliphatic carbocycles. The second-order valence-electron chi connectivity index (χ2n) is 9.90. The summed E-state index contributed by atoms with van der Waals surface area (Å²) in [5.41, 5.74) is 6.26. The first kappa shape index (κ1) is 22.6. The zero-order chi connectivity index (χ0) is 24.1. The van der Waals surface area contributed by atoms with Crippen molar-refractivity contribution in [2.45, 2.75) is 46.7 Å². The van der Waals surface area contributed by atoms with Crippen molar-refractivity contribution in [3.63, 3.8) is 0 Å². The summed E-state index contributed by atoms with van der Waals surface area (Å²) in [6.45, 7) is 8.38. The Kier molecular flexibility index (Phi) is 5.35. The maximum absolute atomic E-state index is 13.7. The van der Waals surface area contributed by atoms with Crippen LogP contribution in [0.5, 0.6) is 0 Å². The largest absolute Gasteiger partial charge is 0.366 e. The van der Waals surface area contributed by atoms with Gasteiger partial charge in [-0.2, -0.15) is 0 Å². The monoisotopic (exact) mass is 448 g/mol. The topological polar surface area (TPSA) is 114 Å². The Morgan fingerprint density at radius 2 is 1.73 bits per heavy atom. The van der Waals surface area contributed by atoms with Crippen LogP contribution in [0.1, 0.15) is 50.0 Å². The van der Waals surface area contributed by atoms with Crippen molar-refractivity contribution >= 4 is 29.3 Å². The van der Waals surface area contributed by atoms with Crippen molar-refractivity contribution in [2.75, 3.05) is 4.90 Å². The van der Waals surface area contributed by atoms with Gasteiger partial charge < -0.3 is 10.6 Å². The van der Waals surface area contributed by atoms with Crippen LogP contribution in [-0.2, 0) is 20.9 Å². The van der Waals surface area contributed by atoms with Crippen molar-refractivity contribution in [3.05, 3.63) is 59.9 Å². The predicted octanol–water partition coefficient (Wildman–Crippen LogP) is 2.52. The highest BCUT2D eigenvalue weighted by molar-refractivity contribution is 6.23. The van der Waals surface area contributed by atoms with E-state index in [1.807, 2.05) is 33.8 Å². The van der Waals surface area contributed by atoms with E-state index < -0.39 is 23.8 Å². The van der Waals surface area contributed by atoms with E-state index in [2.05, 4.69) is 4.98 Å². The zero-order valence-electron chi connectivity index (χ0n) is 19.2. The van der Waals surface area contributed by atoms with E-state index in [0.29, 0.717) is 5.69 Å². The Labute approximate surface area is 192 Å². The van der Waals surface area contributed by atoms with E-state index >= 15 is 0 Å². The SMILES string of the molecule is CC1(C)C(C(=O)N(Cc2cccnc2)C2CC(=O)N(c3ccc(C(N)=O)cc3)C2=O)C1(C)C. The maximum atomic E-state index is 13.7. The minimum absolute atomic E-state index is 0.101. The number of amides is 4. The average Bonchev–Trinajstić information content (AvgIpc) is 3.00. The van der Waals surface area contributed by atoms with E-state index in [1.165, 1.54) is 29.2 Å². The fourth-order valence-corrected chi connectivity index (χ4v) is 4.92. The van der Waals surface area contributed by atoms with Crippen molar-refractivity contribution in [3.8, 4) is 0 Å². The molecule has 1 saturated heterocycles. The Morgan fingerprint density at radius 1 is 1.09 bits per heavy atom. The van der Waals surface area contributed by atoms with E-state index in [1.54, 1.807) is 18.5 Å². The number of pyridine rings is 1. The molecule has 33 heavy (non-hydrogen) atoms. The molecule has 2 aromatic rings. The molecule has 0 radical (unpaired) electrons. The van der Waals surface area contributed by atoms with Gasteiger partial charge in [0.05, 0.1) is 12.1 Å². The minimum atomic E-state index is -0.909. The highest BCUT2D eigenvalue weighted by Crippen LogP contribution is 2.69. The predicted molar refractivity (Wildman–Crippen MR) is 122 cm³/mol. The summed E-state index contributed by atoms with van der Waals surface area (Å²) in [4.78, 5) is 58.2. The fraction of sp³-hybridized carbons (Fsp3) is 0.400.